The van der Waals surface area contributed by atoms with E-state index >= 15 is 0 Å². The van der Waals surface area contributed by atoms with Crippen molar-refractivity contribution in [2.75, 3.05) is 5.75 Å². The Morgan fingerprint density at radius 3 is 3.21 bits per heavy atom. The van der Waals surface area contributed by atoms with Gasteiger partial charge < -0.3 is 15.1 Å². The van der Waals surface area contributed by atoms with Crippen LogP contribution in [0.5, 0.6) is 0 Å². The summed E-state index contributed by atoms with van der Waals surface area (Å²) in [7, 11) is 0. The van der Waals surface area contributed by atoms with Gasteiger partial charge in [-0.25, -0.2) is 0 Å². The molecule has 1 aliphatic rings. The molecule has 19 heavy (non-hydrogen) atoms. The maximum absolute atomic E-state index is 11.6. The van der Waals surface area contributed by atoms with Crippen LogP contribution in [0.15, 0.2) is 27.8 Å². The van der Waals surface area contributed by atoms with E-state index in [4.69, 9.17) is 4.42 Å². The molecule has 7 heteroatoms. The van der Waals surface area contributed by atoms with Crippen molar-refractivity contribution in [3.8, 4) is 0 Å². The molecule has 0 bridgehead atoms. The van der Waals surface area contributed by atoms with Crippen LogP contribution in [0.1, 0.15) is 19.1 Å². The lowest BCUT2D eigenvalue weighted by Gasteiger charge is -2.16. The van der Waals surface area contributed by atoms with E-state index in [-0.39, 0.29) is 23.6 Å². The molecule has 2 amide bonds. The summed E-state index contributed by atoms with van der Waals surface area (Å²) in [5.74, 6) is 0.736. The first-order valence-corrected chi connectivity index (χ1v) is 6.91. The van der Waals surface area contributed by atoms with E-state index in [1.54, 1.807) is 18.4 Å². The van der Waals surface area contributed by atoms with E-state index in [9.17, 15) is 9.59 Å². The van der Waals surface area contributed by atoms with Crippen LogP contribution in [0.25, 0.3) is 0 Å². The van der Waals surface area contributed by atoms with Crippen LogP contribution in [-0.2, 0) is 16.1 Å². The number of carbonyl (C=O) groups is 2. The van der Waals surface area contributed by atoms with Gasteiger partial charge in [0.2, 0.25) is 11.8 Å². The van der Waals surface area contributed by atoms with Gasteiger partial charge in [0.15, 0.2) is 5.17 Å². The Bertz CT molecular complexity index is 484. The number of amides is 2. The Kier molecular flexibility index (Phi) is 4.62. The van der Waals surface area contributed by atoms with Gasteiger partial charge in [-0.05, 0) is 19.1 Å². The standard InChI is InChI=1S/C12H15N3O3S/c1-8-5-10(16)15-12(14-8)19-7-11(17)13-6-9-3-2-4-18-9/h2-4,8H,5-7H2,1H3,(H,13,17)(H,14,15,16). The summed E-state index contributed by atoms with van der Waals surface area (Å²) >= 11 is 1.23. The van der Waals surface area contributed by atoms with Crippen molar-refractivity contribution in [1.82, 2.24) is 10.6 Å². The third kappa shape index (κ3) is 4.44. The summed E-state index contributed by atoms with van der Waals surface area (Å²) in [6.45, 7) is 2.23. The first-order valence-electron chi connectivity index (χ1n) is 5.93. The Labute approximate surface area is 115 Å². The highest BCUT2D eigenvalue weighted by Gasteiger charge is 2.18. The van der Waals surface area contributed by atoms with Gasteiger partial charge in [0.25, 0.3) is 0 Å². The number of furan rings is 1. The number of thioether (sulfide) groups is 1. The molecule has 2 rings (SSSR count). The van der Waals surface area contributed by atoms with E-state index < -0.39 is 0 Å². The Hall–Kier alpha value is -1.76. The van der Waals surface area contributed by atoms with Gasteiger partial charge in [-0.2, -0.15) is 0 Å². The molecule has 1 unspecified atom stereocenters. The molecule has 0 fully saturated rings. The van der Waals surface area contributed by atoms with Gasteiger partial charge >= 0.3 is 0 Å². The lowest BCUT2D eigenvalue weighted by molar-refractivity contribution is -0.120. The molecule has 0 aromatic carbocycles. The molecule has 2 N–H and O–H groups in total. The topological polar surface area (TPSA) is 83.7 Å². The monoisotopic (exact) mass is 281 g/mol. The lowest BCUT2D eigenvalue weighted by atomic mass is 10.2. The molecule has 1 aromatic rings. The molecule has 1 atom stereocenters. The smallest absolute Gasteiger partial charge is 0.230 e. The van der Waals surface area contributed by atoms with E-state index in [0.717, 1.165) is 0 Å². The minimum atomic E-state index is -0.128. The molecule has 2 heterocycles. The van der Waals surface area contributed by atoms with Crippen LogP contribution < -0.4 is 10.6 Å². The molecule has 6 nitrogen and oxygen atoms in total. The molecule has 0 radical (unpaired) electrons. The van der Waals surface area contributed by atoms with E-state index in [1.165, 1.54) is 11.8 Å². The highest BCUT2D eigenvalue weighted by Crippen LogP contribution is 2.10. The fourth-order valence-corrected chi connectivity index (χ4v) is 2.38. The molecular weight excluding hydrogens is 266 g/mol. The van der Waals surface area contributed by atoms with E-state index in [0.29, 0.717) is 23.9 Å². The zero-order chi connectivity index (χ0) is 13.7. The van der Waals surface area contributed by atoms with Gasteiger partial charge in [0.05, 0.1) is 24.6 Å². The van der Waals surface area contributed by atoms with Gasteiger partial charge in [-0.1, -0.05) is 11.8 Å². The van der Waals surface area contributed by atoms with Crippen LogP contribution in [0.2, 0.25) is 0 Å². The van der Waals surface area contributed by atoms with Crippen LogP contribution >= 0.6 is 11.8 Å². The van der Waals surface area contributed by atoms with Gasteiger partial charge in [-0.15, -0.1) is 0 Å². The lowest BCUT2D eigenvalue weighted by Crippen LogP contribution is -2.37. The summed E-state index contributed by atoms with van der Waals surface area (Å²) in [6, 6.07) is 3.53. The van der Waals surface area contributed by atoms with Crippen molar-refractivity contribution in [2.24, 2.45) is 4.99 Å². The number of hydrogen-bond donors (Lipinski definition) is 2. The van der Waals surface area contributed by atoms with Gasteiger partial charge in [0, 0.05) is 6.42 Å². The summed E-state index contributed by atoms with van der Waals surface area (Å²) in [4.78, 5) is 27.2. The summed E-state index contributed by atoms with van der Waals surface area (Å²) in [6.07, 6.45) is 1.96. The van der Waals surface area contributed by atoms with Crippen LogP contribution in [-0.4, -0.2) is 28.8 Å². The number of rotatable bonds is 4. The average molecular weight is 281 g/mol. The van der Waals surface area contributed by atoms with Crippen molar-refractivity contribution in [3.63, 3.8) is 0 Å². The zero-order valence-electron chi connectivity index (χ0n) is 10.5. The molecule has 1 aromatic heterocycles. The van der Waals surface area contributed by atoms with Crippen molar-refractivity contribution >= 4 is 28.7 Å². The third-order valence-corrected chi connectivity index (χ3v) is 3.33. The summed E-state index contributed by atoms with van der Waals surface area (Å²) in [5.41, 5.74) is 0. The number of nitrogens with zero attached hydrogens (tertiary/aromatic N) is 1. The molecule has 1 aliphatic heterocycles. The second-order valence-corrected chi connectivity index (χ2v) is 5.14. The zero-order valence-corrected chi connectivity index (χ0v) is 11.3. The number of nitrogens with one attached hydrogen (secondary N) is 2. The molecule has 0 saturated carbocycles. The second kappa shape index (κ2) is 6.42. The quantitative estimate of drug-likeness (QED) is 0.858. The van der Waals surface area contributed by atoms with Crippen LogP contribution in [0.3, 0.4) is 0 Å². The van der Waals surface area contributed by atoms with Crippen molar-refractivity contribution in [1.29, 1.82) is 0 Å². The maximum Gasteiger partial charge on any atom is 0.230 e. The van der Waals surface area contributed by atoms with Crippen LogP contribution in [0.4, 0.5) is 0 Å². The van der Waals surface area contributed by atoms with Crippen molar-refractivity contribution in [2.45, 2.75) is 25.9 Å². The Morgan fingerprint density at radius 2 is 2.53 bits per heavy atom. The second-order valence-electron chi connectivity index (χ2n) is 4.18. The van der Waals surface area contributed by atoms with Gasteiger partial charge in [0.1, 0.15) is 5.76 Å². The molecular formula is C12H15N3O3S. The predicted octanol–water partition coefficient (Wildman–Crippen LogP) is 0.893. The fourth-order valence-electron chi connectivity index (χ4n) is 1.57. The largest absolute Gasteiger partial charge is 0.467 e. The molecule has 102 valence electrons. The number of amidine groups is 1. The normalized spacial score (nSPS) is 18.7. The highest BCUT2D eigenvalue weighted by atomic mass is 32.2. The number of aliphatic imine (C=N–C) groups is 1. The van der Waals surface area contributed by atoms with Crippen molar-refractivity contribution < 1.29 is 14.0 Å². The predicted molar refractivity (Wildman–Crippen MR) is 72.7 cm³/mol. The van der Waals surface area contributed by atoms with E-state index in [1.807, 2.05) is 6.92 Å². The van der Waals surface area contributed by atoms with E-state index in [2.05, 4.69) is 15.6 Å². The van der Waals surface area contributed by atoms with Crippen LogP contribution in [0, 0.1) is 0 Å². The minimum Gasteiger partial charge on any atom is -0.467 e. The van der Waals surface area contributed by atoms with Crippen molar-refractivity contribution in [3.05, 3.63) is 24.2 Å². The molecule has 0 saturated heterocycles. The molecule has 0 aliphatic carbocycles. The summed E-state index contributed by atoms with van der Waals surface area (Å²) < 4.78 is 5.10. The number of hydrogen-bond acceptors (Lipinski definition) is 5. The summed E-state index contributed by atoms with van der Waals surface area (Å²) in [5, 5.41) is 5.88. The third-order valence-electron chi connectivity index (χ3n) is 2.44. The number of carbonyl (C=O) groups excluding carboxylic acids is 2. The average Bonchev–Trinajstić information content (AvgIpc) is 2.86. The Balaban J connectivity index is 1.73. The van der Waals surface area contributed by atoms with Gasteiger partial charge in [-0.3, -0.25) is 14.6 Å². The molecule has 0 spiro atoms. The first kappa shape index (κ1) is 13.7. The Morgan fingerprint density at radius 1 is 1.68 bits per heavy atom. The SMILES string of the molecule is CC1CC(=O)NC(SCC(=O)NCc2ccco2)=N1. The first-order chi connectivity index (χ1) is 9.13. The fraction of sp³-hybridized carbons (Fsp3) is 0.417. The minimum absolute atomic E-state index is 0.0255. The highest BCUT2D eigenvalue weighted by molar-refractivity contribution is 8.14. The maximum atomic E-state index is 11.6.